The van der Waals surface area contributed by atoms with Gasteiger partial charge in [-0.1, -0.05) is 71.9 Å². The molecule has 0 aliphatic carbocycles. The number of aromatic amines is 1. The van der Waals surface area contributed by atoms with Crippen molar-refractivity contribution in [3.8, 4) is 0 Å². The van der Waals surface area contributed by atoms with Gasteiger partial charge in [0.05, 0.1) is 41.5 Å². The lowest BCUT2D eigenvalue weighted by molar-refractivity contribution is -0.152. The number of anilines is 1. The zero-order valence-electron chi connectivity index (χ0n) is 60.6. The molecule has 104 heavy (non-hydrogen) atoms. The van der Waals surface area contributed by atoms with Gasteiger partial charge in [-0.25, -0.2) is 4.39 Å². The van der Waals surface area contributed by atoms with Crippen LogP contribution in [0.5, 0.6) is 0 Å². The van der Waals surface area contributed by atoms with E-state index in [1.54, 1.807) is 58.0 Å². The summed E-state index contributed by atoms with van der Waals surface area (Å²) in [5.74, 6) is -15.1. The SMILES string of the molecule is CCN(CC)CCNC(=O)c1c(C)[nH]c(/C=C2\C(=O)N(COC(=O)C(C)C(C)C(=O)N[C@H](C(=O)N[C@@H](CCN)C(=O)N[C@H]3CCNC(=O)[C@H]([C@@H](C)O)NC(=O)[C@H](CCN)NC(=O)[C@H](CCN)NC(=O)[C@H](CC(C)C)NC(=O)[C@@H](Cc4ccccc4)NC(=O)CNC3=O)[C@@H](C)O)c3ccc(F)cc32)c1C. The summed E-state index contributed by atoms with van der Waals surface area (Å²) in [4.78, 5) is 188. The van der Waals surface area contributed by atoms with Crippen LogP contribution in [-0.4, -0.2) is 223 Å². The number of carbonyl (C=O) groups is 13. The lowest BCUT2D eigenvalue weighted by Gasteiger charge is -2.28. The number of ether oxygens (including phenoxy) is 1. The Labute approximate surface area is 603 Å². The first-order chi connectivity index (χ1) is 49.3. The summed E-state index contributed by atoms with van der Waals surface area (Å²) in [5.41, 5.74) is 20.4. The van der Waals surface area contributed by atoms with E-state index in [9.17, 15) is 76.9 Å². The average Bonchev–Trinajstić information content (AvgIpc) is 1.61. The number of hydrogen-bond acceptors (Lipinski definition) is 20. The highest BCUT2D eigenvalue weighted by Crippen LogP contribution is 2.39. The highest BCUT2D eigenvalue weighted by Gasteiger charge is 2.40. The second-order valence-corrected chi connectivity index (χ2v) is 26.3. The number of benzene rings is 2. The molecule has 572 valence electrons. The fourth-order valence-corrected chi connectivity index (χ4v) is 11.7. The minimum atomic E-state index is -1.82. The molecule has 12 amide bonds. The van der Waals surface area contributed by atoms with Crippen LogP contribution in [0.15, 0.2) is 48.5 Å². The molecule has 34 heteroatoms. The molecule has 2 aromatic carbocycles. The summed E-state index contributed by atoms with van der Waals surface area (Å²) in [6, 6.07) is -0.261. The van der Waals surface area contributed by atoms with E-state index in [1.807, 2.05) is 13.8 Å². The van der Waals surface area contributed by atoms with E-state index in [1.165, 1.54) is 32.9 Å². The molecule has 1 saturated heterocycles. The van der Waals surface area contributed by atoms with Gasteiger partial charge in [-0.2, -0.15) is 0 Å². The lowest BCUT2D eigenvalue weighted by Crippen LogP contribution is -2.61. The van der Waals surface area contributed by atoms with E-state index >= 15 is 0 Å². The van der Waals surface area contributed by atoms with Gasteiger partial charge in [-0.05, 0) is 134 Å². The Hall–Kier alpha value is -9.74. The van der Waals surface area contributed by atoms with Crippen molar-refractivity contribution in [3.05, 3.63) is 88.0 Å². The molecule has 2 aliphatic heterocycles. The Morgan fingerprint density at radius 2 is 1.34 bits per heavy atom. The lowest BCUT2D eigenvalue weighted by atomic mass is 9.94. The fourth-order valence-electron chi connectivity index (χ4n) is 11.7. The van der Waals surface area contributed by atoms with Gasteiger partial charge in [-0.3, -0.25) is 67.2 Å². The van der Waals surface area contributed by atoms with Crippen LogP contribution < -0.4 is 80.6 Å². The van der Waals surface area contributed by atoms with E-state index in [-0.39, 0.29) is 80.4 Å². The van der Waals surface area contributed by atoms with Crippen LogP contribution in [0.25, 0.3) is 11.6 Å². The molecule has 1 fully saturated rings. The molecule has 3 heterocycles. The minimum Gasteiger partial charge on any atom is -0.444 e. The zero-order chi connectivity index (χ0) is 77.2. The Morgan fingerprint density at radius 1 is 0.721 bits per heavy atom. The summed E-state index contributed by atoms with van der Waals surface area (Å²) in [6.07, 6.45) is -3.01. The van der Waals surface area contributed by atoms with Crippen molar-refractivity contribution in [2.45, 2.75) is 168 Å². The smallest absolute Gasteiger partial charge is 0.311 e. The van der Waals surface area contributed by atoms with Gasteiger partial charge in [-0.15, -0.1) is 0 Å². The normalized spacial score (nSPS) is 21.1. The first-order valence-electron chi connectivity index (χ1n) is 35.0. The average molecular weight is 1460 g/mol. The first kappa shape index (κ1) is 84.9. The number of hydrogen-bond donors (Lipinski definition) is 17. The van der Waals surface area contributed by atoms with Gasteiger partial charge in [0.2, 0.25) is 59.1 Å². The second-order valence-electron chi connectivity index (χ2n) is 26.3. The molecule has 33 nitrogen and oxygen atoms in total. The molecule has 0 radical (unpaired) electrons. The van der Waals surface area contributed by atoms with Crippen LogP contribution in [0.4, 0.5) is 10.1 Å². The molecule has 2 aliphatic rings. The number of nitrogens with one attached hydrogen (secondary N) is 12. The number of amides is 12. The largest absolute Gasteiger partial charge is 0.444 e. The summed E-state index contributed by atoms with van der Waals surface area (Å²) in [5, 5.41) is 49.7. The van der Waals surface area contributed by atoms with Gasteiger partial charge < -0.3 is 101 Å². The first-order valence-corrected chi connectivity index (χ1v) is 35.0. The molecule has 2 unspecified atom stereocenters. The molecule has 1 aromatic heterocycles. The van der Waals surface area contributed by atoms with Gasteiger partial charge in [0.1, 0.15) is 54.2 Å². The number of carbonyl (C=O) groups excluding carboxylic acids is 13. The van der Waals surface area contributed by atoms with E-state index in [0.717, 1.165) is 37.0 Å². The van der Waals surface area contributed by atoms with E-state index in [4.69, 9.17) is 21.9 Å². The van der Waals surface area contributed by atoms with E-state index < -0.39 is 175 Å². The van der Waals surface area contributed by atoms with Gasteiger partial charge in [0.15, 0.2) is 6.73 Å². The monoisotopic (exact) mass is 1460 g/mol. The van der Waals surface area contributed by atoms with Crippen LogP contribution in [0.2, 0.25) is 0 Å². The zero-order valence-corrected chi connectivity index (χ0v) is 60.6. The summed E-state index contributed by atoms with van der Waals surface area (Å²) >= 11 is 0. The van der Waals surface area contributed by atoms with Gasteiger partial charge >= 0.3 is 5.97 Å². The highest BCUT2D eigenvalue weighted by atomic mass is 19.1. The van der Waals surface area contributed by atoms with Crippen molar-refractivity contribution in [2.75, 3.05) is 70.5 Å². The molecular formula is C70H104FN17O16. The molecule has 12 atom stereocenters. The topological polar surface area (TPSA) is 504 Å². The van der Waals surface area contributed by atoms with Gasteiger partial charge in [0.25, 0.3) is 11.8 Å². The number of halogens is 1. The van der Waals surface area contributed by atoms with Gasteiger partial charge in [0, 0.05) is 48.9 Å². The van der Waals surface area contributed by atoms with Crippen LogP contribution >= 0.6 is 0 Å². The van der Waals surface area contributed by atoms with Crippen molar-refractivity contribution in [1.82, 2.24) is 68.4 Å². The predicted octanol–water partition coefficient (Wildman–Crippen LogP) is -2.89. The van der Waals surface area contributed by atoms with Crippen LogP contribution in [-0.2, 0) is 68.7 Å². The Bertz CT molecular complexity index is 3570. The maximum atomic E-state index is 14.9. The number of esters is 1. The molecule has 3 aromatic rings. The number of aliphatic hydroxyl groups is 2. The number of nitrogens with zero attached hydrogens (tertiary/aromatic N) is 2. The van der Waals surface area contributed by atoms with Crippen LogP contribution in [0, 0.1) is 37.4 Å². The standard InChI is InChI=1S/C70H104FN17O16/c1-11-87(12-2)29-28-76-66(99)56-39(7)51(78-40(56)8)33-46-45-32-44(71)18-19-54(45)88(69(46)102)35-104-70(103)38(6)37(5)59(92)85-58(42(10)90)68(101)83-48(21-25-73)62(95)82-50-23-27-75-67(100)57(41(9)89)86-63(96)49(22-26-74)80-61(94)47(20-24-72)81-64(97)52(30-36(3)4)84-65(98)53(31-43-16-14-13-15-17-43)79-55(91)34-77-60(50)93/h13-19,32-33,36-38,41-42,47-50,52-53,57-58,78,89-90H,11-12,20-31,34-35,72-74H2,1-10H3,(H,75,100)(H,76,99)(H,77,93)(H,79,91)(H,80,94)(H,81,97)(H,82,95)(H,83,101)(H,84,98)(H,85,92)(H,86,96)/b46-33-/t37?,38?,41-,42-,47+,48+,49+,50+,52+,53-,57+,58+/m1/s1. The van der Waals surface area contributed by atoms with Crippen molar-refractivity contribution >= 4 is 94.2 Å². The highest BCUT2D eigenvalue weighted by molar-refractivity contribution is 6.36. The third kappa shape index (κ3) is 24.2. The quantitative estimate of drug-likeness (QED) is 0.0245. The van der Waals surface area contributed by atoms with E-state index in [2.05, 4.69) is 68.4 Å². The Kier molecular flexibility index (Phi) is 33.4. The second kappa shape index (κ2) is 40.9. The number of likely N-dealkylation sites (N-methyl/N-ethyl adjacent to an activating group) is 1. The molecular weight excluding hydrogens is 1350 g/mol. The molecule has 0 bridgehead atoms. The Balaban J connectivity index is 1.34. The number of rotatable bonds is 29. The molecule has 0 spiro atoms. The van der Waals surface area contributed by atoms with Crippen molar-refractivity contribution in [1.29, 1.82) is 0 Å². The number of fused-ring (bicyclic) bond motifs is 1. The van der Waals surface area contributed by atoms with Crippen molar-refractivity contribution in [2.24, 2.45) is 35.0 Å². The number of aliphatic hydroxyl groups excluding tert-OH is 2. The predicted molar refractivity (Wildman–Crippen MR) is 381 cm³/mol. The maximum absolute atomic E-state index is 14.9. The van der Waals surface area contributed by atoms with Crippen LogP contribution in [0.3, 0.4) is 0 Å². The maximum Gasteiger partial charge on any atom is 0.311 e. The fraction of sp³-hybridized carbons (Fsp3) is 0.557. The van der Waals surface area contributed by atoms with E-state index in [0.29, 0.717) is 41.2 Å². The molecule has 0 saturated carbocycles. The number of H-pyrrole nitrogens is 1. The number of nitrogens with two attached hydrogens (primary N) is 3. The third-order valence-electron chi connectivity index (χ3n) is 17.9. The third-order valence-corrected chi connectivity index (χ3v) is 17.9. The summed E-state index contributed by atoms with van der Waals surface area (Å²) < 4.78 is 20.5. The Morgan fingerprint density at radius 3 is 1.93 bits per heavy atom. The van der Waals surface area contributed by atoms with Crippen molar-refractivity contribution < 1.29 is 81.7 Å². The molecule has 20 N–H and O–H groups in total. The number of aromatic nitrogens is 1. The number of aryl methyl sites for hydroxylation is 1. The van der Waals surface area contributed by atoms with Crippen molar-refractivity contribution in [3.63, 3.8) is 0 Å². The molecule has 5 rings (SSSR count). The summed E-state index contributed by atoms with van der Waals surface area (Å²) in [6.45, 7) is 16.1. The summed E-state index contributed by atoms with van der Waals surface area (Å²) in [7, 11) is 0. The minimum absolute atomic E-state index is 0.0216. The van der Waals surface area contributed by atoms with Crippen LogP contribution in [0.1, 0.15) is 126 Å².